The summed E-state index contributed by atoms with van der Waals surface area (Å²) in [6.45, 7) is 4.51. The lowest BCUT2D eigenvalue weighted by atomic mass is 9.98. The molecule has 0 spiro atoms. The van der Waals surface area contributed by atoms with Crippen LogP contribution in [0.15, 0.2) is 18.2 Å². The molecule has 1 aromatic rings. The van der Waals surface area contributed by atoms with Crippen molar-refractivity contribution in [3.63, 3.8) is 0 Å². The zero-order chi connectivity index (χ0) is 8.55. The summed E-state index contributed by atoms with van der Waals surface area (Å²) < 4.78 is 0. The Morgan fingerprint density at radius 2 is 2.08 bits per heavy atom. The lowest BCUT2D eigenvalue weighted by Gasteiger charge is -2.08. The summed E-state index contributed by atoms with van der Waals surface area (Å²) in [4.78, 5) is 0. The fraction of sp³-hybridized carbons (Fsp3) is 0.500. The van der Waals surface area contributed by atoms with Crippen LogP contribution in [-0.2, 0) is 6.42 Å². The van der Waals surface area contributed by atoms with Crippen molar-refractivity contribution in [2.75, 3.05) is 0 Å². The van der Waals surface area contributed by atoms with Gasteiger partial charge in [0.2, 0.25) is 0 Å². The molecular formula is C12H16. The van der Waals surface area contributed by atoms with Crippen LogP contribution in [0, 0.1) is 6.92 Å². The summed E-state index contributed by atoms with van der Waals surface area (Å²) >= 11 is 0. The fourth-order valence-electron chi connectivity index (χ4n) is 1.92. The molecule has 1 aliphatic carbocycles. The van der Waals surface area contributed by atoms with E-state index in [0.29, 0.717) is 0 Å². The Morgan fingerprint density at radius 3 is 2.67 bits per heavy atom. The van der Waals surface area contributed by atoms with E-state index < -0.39 is 0 Å². The lowest BCUT2D eigenvalue weighted by molar-refractivity contribution is 1.04. The van der Waals surface area contributed by atoms with Gasteiger partial charge in [-0.05, 0) is 48.8 Å². The lowest BCUT2D eigenvalue weighted by Crippen LogP contribution is -1.91. The van der Waals surface area contributed by atoms with E-state index in [2.05, 4.69) is 32.0 Å². The van der Waals surface area contributed by atoms with Crippen LogP contribution in [0.2, 0.25) is 0 Å². The summed E-state index contributed by atoms with van der Waals surface area (Å²) in [5.41, 5.74) is 4.68. The highest BCUT2D eigenvalue weighted by Gasteiger charge is 2.25. The first kappa shape index (κ1) is 7.85. The Bertz CT molecular complexity index is 282. The Kier molecular flexibility index (Phi) is 1.92. The minimum Gasteiger partial charge on any atom is -0.0617 e. The maximum atomic E-state index is 2.30. The maximum absolute atomic E-state index is 2.30. The molecule has 0 heteroatoms. The zero-order valence-electron chi connectivity index (χ0n) is 7.93. The SMILES string of the molecule is CCc1cccc(C2CC2)c1C. The number of rotatable bonds is 2. The van der Waals surface area contributed by atoms with Crippen LogP contribution < -0.4 is 0 Å². The quantitative estimate of drug-likeness (QED) is 0.621. The number of hydrogen-bond donors (Lipinski definition) is 0. The van der Waals surface area contributed by atoms with E-state index in [4.69, 9.17) is 0 Å². The Balaban J connectivity index is 2.40. The minimum absolute atomic E-state index is 0.900. The number of aryl methyl sites for hydroxylation is 1. The molecule has 0 atom stereocenters. The molecule has 12 heavy (non-hydrogen) atoms. The predicted octanol–water partition coefficient (Wildman–Crippen LogP) is 3.43. The van der Waals surface area contributed by atoms with Crippen molar-refractivity contribution in [1.29, 1.82) is 0 Å². The van der Waals surface area contributed by atoms with Gasteiger partial charge >= 0.3 is 0 Å². The van der Waals surface area contributed by atoms with Crippen molar-refractivity contribution >= 4 is 0 Å². The van der Waals surface area contributed by atoms with Crippen LogP contribution in [0.4, 0.5) is 0 Å². The molecule has 1 aliphatic rings. The summed E-state index contributed by atoms with van der Waals surface area (Å²) in [5, 5.41) is 0. The van der Waals surface area contributed by atoms with Crippen LogP contribution in [0.25, 0.3) is 0 Å². The molecule has 0 bridgehead atoms. The highest BCUT2D eigenvalue weighted by atomic mass is 14.3. The molecule has 0 heterocycles. The smallest absolute Gasteiger partial charge is 0.0159 e. The summed E-state index contributed by atoms with van der Waals surface area (Å²) in [7, 11) is 0. The fourth-order valence-corrected chi connectivity index (χ4v) is 1.92. The molecule has 0 nitrogen and oxygen atoms in total. The van der Waals surface area contributed by atoms with Gasteiger partial charge in [-0.3, -0.25) is 0 Å². The largest absolute Gasteiger partial charge is 0.0617 e. The standard InChI is InChI=1S/C12H16/c1-3-10-5-4-6-12(9(10)2)11-7-8-11/h4-6,11H,3,7-8H2,1-2H3. The summed E-state index contributed by atoms with van der Waals surface area (Å²) in [6.07, 6.45) is 3.99. The molecule has 0 saturated heterocycles. The third-order valence-corrected chi connectivity index (χ3v) is 2.89. The maximum Gasteiger partial charge on any atom is -0.0159 e. The Labute approximate surface area is 74.6 Å². The molecular weight excluding hydrogens is 144 g/mol. The second kappa shape index (κ2) is 2.93. The monoisotopic (exact) mass is 160 g/mol. The van der Waals surface area contributed by atoms with Crippen molar-refractivity contribution < 1.29 is 0 Å². The Hall–Kier alpha value is -0.780. The van der Waals surface area contributed by atoms with Gasteiger partial charge < -0.3 is 0 Å². The van der Waals surface area contributed by atoms with Crippen LogP contribution in [-0.4, -0.2) is 0 Å². The van der Waals surface area contributed by atoms with Crippen molar-refractivity contribution in [2.45, 2.75) is 39.0 Å². The number of benzene rings is 1. The average Bonchev–Trinajstić information content (AvgIpc) is 2.88. The highest BCUT2D eigenvalue weighted by Crippen LogP contribution is 2.42. The van der Waals surface area contributed by atoms with E-state index in [0.717, 1.165) is 5.92 Å². The molecule has 0 unspecified atom stereocenters. The van der Waals surface area contributed by atoms with Gasteiger partial charge in [-0.1, -0.05) is 25.1 Å². The first-order chi connectivity index (χ1) is 5.83. The normalized spacial score (nSPS) is 16.5. The third-order valence-electron chi connectivity index (χ3n) is 2.89. The van der Waals surface area contributed by atoms with Gasteiger partial charge in [-0.2, -0.15) is 0 Å². The van der Waals surface area contributed by atoms with Gasteiger partial charge in [0.05, 0.1) is 0 Å². The molecule has 1 saturated carbocycles. The van der Waals surface area contributed by atoms with Gasteiger partial charge in [0.1, 0.15) is 0 Å². The van der Waals surface area contributed by atoms with Crippen molar-refractivity contribution in [1.82, 2.24) is 0 Å². The number of hydrogen-bond acceptors (Lipinski definition) is 0. The highest BCUT2D eigenvalue weighted by molar-refractivity contribution is 5.38. The van der Waals surface area contributed by atoms with Crippen LogP contribution in [0.1, 0.15) is 42.4 Å². The molecule has 0 aliphatic heterocycles. The Morgan fingerprint density at radius 1 is 1.33 bits per heavy atom. The molecule has 1 aromatic carbocycles. The van der Waals surface area contributed by atoms with Gasteiger partial charge in [0.15, 0.2) is 0 Å². The summed E-state index contributed by atoms with van der Waals surface area (Å²) in [5.74, 6) is 0.900. The summed E-state index contributed by atoms with van der Waals surface area (Å²) in [6, 6.07) is 6.76. The van der Waals surface area contributed by atoms with E-state index >= 15 is 0 Å². The van der Waals surface area contributed by atoms with Crippen LogP contribution in [0.3, 0.4) is 0 Å². The topological polar surface area (TPSA) is 0 Å². The molecule has 1 fully saturated rings. The van der Waals surface area contributed by atoms with Crippen molar-refractivity contribution in [3.05, 3.63) is 34.9 Å². The van der Waals surface area contributed by atoms with Gasteiger partial charge in [-0.25, -0.2) is 0 Å². The molecule has 0 amide bonds. The molecule has 0 N–H and O–H groups in total. The third kappa shape index (κ3) is 1.26. The molecule has 2 rings (SSSR count). The van der Waals surface area contributed by atoms with E-state index in [1.54, 1.807) is 11.1 Å². The van der Waals surface area contributed by atoms with Crippen LogP contribution >= 0.6 is 0 Å². The second-order valence-electron chi connectivity index (χ2n) is 3.76. The van der Waals surface area contributed by atoms with Gasteiger partial charge in [0, 0.05) is 0 Å². The van der Waals surface area contributed by atoms with Crippen LogP contribution in [0.5, 0.6) is 0 Å². The van der Waals surface area contributed by atoms with E-state index in [1.807, 2.05) is 0 Å². The first-order valence-corrected chi connectivity index (χ1v) is 4.91. The van der Waals surface area contributed by atoms with Gasteiger partial charge in [0.25, 0.3) is 0 Å². The van der Waals surface area contributed by atoms with E-state index in [9.17, 15) is 0 Å². The molecule has 0 aromatic heterocycles. The first-order valence-electron chi connectivity index (χ1n) is 4.91. The average molecular weight is 160 g/mol. The van der Waals surface area contributed by atoms with Crippen molar-refractivity contribution in [2.24, 2.45) is 0 Å². The minimum atomic E-state index is 0.900. The van der Waals surface area contributed by atoms with E-state index in [-0.39, 0.29) is 0 Å². The molecule has 64 valence electrons. The predicted molar refractivity (Wildman–Crippen MR) is 52.5 cm³/mol. The zero-order valence-corrected chi connectivity index (χ0v) is 7.93. The second-order valence-corrected chi connectivity index (χ2v) is 3.76. The van der Waals surface area contributed by atoms with Crippen molar-refractivity contribution in [3.8, 4) is 0 Å². The van der Waals surface area contributed by atoms with Gasteiger partial charge in [-0.15, -0.1) is 0 Å². The molecule has 0 radical (unpaired) electrons. The van der Waals surface area contributed by atoms with E-state index in [1.165, 1.54) is 24.8 Å².